The molecule has 5 heteroatoms. The van der Waals surface area contributed by atoms with E-state index in [0.717, 1.165) is 16.0 Å². The standard InChI is InChI=1S/C14H11FN2OS/c1-18-9-3-5-12-13(7-9)19-14(17-12)10-6-8(16)2-4-11(10)15/h2-7H,16H2,1H3. The fraction of sp³-hybridized carbons (Fsp3) is 0.0714. The van der Waals surface area contributed by atoms with Crippen LogP contribution >= 0.6 is 11.3 Å². The van der Waals surface area contributed by atoms with Gasteiger partial charge in [-0.25, -0.2) is 9.37 Å². The zero-order chi connectivity index (χ0) is 13.4. The number of ether oxygens (including phenoxy) is 1. The van der Waals surface area contributed by atoms with Crippen LogP contribution in [-0.2, 0) is 0 Å². The van der Waals surface area contributed by atoms with E-state index in [0.29, 0.717) is 16.3 Å². The SMILES string of the molecule is COc1ccc2nc(-c3cc(N)ccc3F)sc2c1. The van der Waals surface area contributed by atoms with E-state index in [4.69, 9.17) is 10.5 Å². The molecule has 0 saturated carbocycles. The number of fused-ring (bicyclic) bond motifs is 1. The third-order valence-electron chi connectivity index (χ3n) is 2.82. The topological polar surface area (TPSA) is 48.1 Å². The Hall–Kier alpha value is -2.14. The summed E-state index contributed by atoms with van der Waals surface area (Å²) >= 11 is 1.42. The van der Waals surface area contributed by atoms with Crippen molar-refractivity contribution in [3.8, 4) is 16.3 Å². The highest BCUT2D eigenvalue weighted by Gasteiger charge is 2.11. The summed E-state index contributed by atoms with van der Waals surface area (Å²) in [4.78, 5) is 4.43. The summed E-state index contributed by atoms with van der Waals surface area (Å²) < 4.78 is 19.9. The molecule has 1 aromatic heterocycles. The number of nitrogens with two attached hydrogens (primary N) is 1. The number of rotatable bonds is 2. The van der Waals surface area contributed by atoms with E-state index in [9.17, 15) is 4.39 Å². The minimum atomic E-state index is -0.319. The number of benzene rings is 2. The van der Waals surface area contributed by atoms with Crippen LogP contribution in [0, 0.1) is 5.82 Å². The number of anilines is 1. The van der Waals surface area contributed by atoms with Gasteiger partial charge in [0.05, 0.1) is 17.3 Å². The Balaban J connectivity index is 2.17. The molecule has 96 valence electrons. The smallest absolute Gasteiger partial charge is 0.133 e. The fourth-order valence-corrected chi connectivity index (χ4v) is 2.87. The van der Waals surface area contributed by atoms with Crippen molar-refractivity contribution < 1.29 is 9.13 Å². The Kier molecular flexibility index (Phi) is 2.83. The number of thiazole rings is 1. The van der Waals surface area contributed by atoms with Crippen LogP contribution in [-0.4, -0.2) is 12.1 Å². The third-order valence-corrected chi connectivity index (χ3v) is 3.87. The molecule has 0 spiro atoms. The van der Waals surface area contributed by atoms with Gasteiger partial charge in [-0.3, -0.25) is 0 Å². The van der Waals surface area contributed by atoms with Gasteiger partial charge in [0.15, 0.2) is 0 Å². The van der Waals surface area contributed by atoms with E-state index < -0.39 is 0 Å². The largest absolute Gasteiger partial charge is 0.497 e. The summed E-state index contributed by atoms with van der Waals surface area (Å²) in [5, 5.41) is 0.619. The molecule has 0 saturated heterocycles. The van der Waals surface area contributed by atoms with Crippen LogP contribution in [0.2, 0.25) is 0 Å². The van der Waals surface area contributed by atoms with E-state index in [-0.39, 0.29) is 5.82 Å². The molecular formula is C14H11FN2OS. The molecule has 0 unspecified atom stereocenters. The van der Waals surface area contributed by atoms with Gasteiger partial charge in [0, 0.05) is 11.3 Å². The molecule has 0 atom stereocenters. The van der Waals surface area contributed by atoms with E-state index >= 15 is 0 Å². The van der Waals surface area contributed by atoms with E-state index in [1.54, 1.807) is 13.2 Å². The number of nitrogens with zero attached hydrogens (tertiary/aromatic N) is 1. The molecule has 0 radical (unpaired) electrons. The van der Waals surface area contributed by atoms with Gasteiger partial charge in [-0.15, -0.1) is 11.3 Å². The molecule has 0 aliphatic carbocycles. The van der Waals surface area contributed by atoms with Crippen molar-refractivity contribution in [2.75, 3.05) is 12.8 Å². The number of hydrogen-bond acceptors (Lipinski definition) is 4. The molecule has 2 N–H and O–H groups in total. The minimum absolute atomic E-state index is 0.319. The number of nitrogen functional groups attached to an aromatic ring is 1. The molecule has 0 amide bonds. The summed E-state index contributed by atoms with van der Waals surface area (Å²) in [5.41, 5.74) is 7.47. The molecule has 0 aliphatic heterocycles. The first-order chi connectivity index (χ1) is 9.17. The molecule has 2 aromatic carbocycles. The summed E-state index contributed by atoms with van der Waals surface area (Å²) in [6.07, 6.45) is 0. The van der Waals surface area contributed by atoms with Crippen molar-refractivity contribution in [3.63, 3.8) is 0 Å². The molecule has 3 nitrogen and oxygen atoms in total. The van der Waals surface area contributed by atoms with Crippen LogP contribution in [0.1, 0.15) is 0 Å². The number of aromatic nitrogens is 1. The maximum atomic E-state index is 13.8. The normalized spacial score (nSPS) is 10.8. The summed E-state index contributed by atoms with van der Waals surface area (Å²) in [6, 6.07) is 10.1. The van der Waals surface area contributed by atoms with Crippen LogP contribution < -0.4 is 10.5 Å². The zero-order valence-electron chi connectivity index (χ0n) is 10.2. The predicted octanol–water partition coefficient (Wildman–Crippen LogP) is 3.69. The Morgan fingerprint density at radius 2 is 2.05 bits per heavy atom. The van der Waals surface area contributed by atoms with Crippen molar-refractivity contribution in [2.24, 2.45) is 0 Å². The first kappa shape index (κ1) is 11.9. The van der Waals surface area contributed by atoms with Gasteiger partial charge >= 0.3 is 0 Å². The van der Waals surface area contributed by atoms with Gasteiger partial charge in [0.1, 0.15) is 16.6 Å². The molecular weight excluding hydrogens is 263 g/mol. The fourth-order valence-electron chi connectivity index (χ4n) is 1.85. The average Bonchev–Trinajstić information content (AvgIpc) is 2.83. The van der Waals surface area contributed by atoms with Gasteiger partial charge in [0.2, 0.25) is 0 Å². The van der Waals surface area contributed by atoms with Gasteiger partial charge in [-0.05, 0) is 36.4 Å². The van der Waals surface area contributed by atoms with Crippen LogP contribution in [0.5, 0.6) is 5.75 Å². The second kappa shape index (κ2) is 4.51. The lowest BCUT2D eigenvalue weighted by molar-refractivity contribution is 0.415. The van der Waals surface area contributed by atoms with Crippen LogP contribution in [0.4, 0.5) is 10.1 Å². The van der Waals surface area contributed by atoms with Crippen molar-refractivity contribution in [2.45, 2.75) is 0 Å². The maximum Gasteiger partial charge on any atom is 0.133 e. The summed E-state index contributed by atoms with van der Waals surface area (Å²) in [6.45, 7) is 0. The van der Waals surface area contributed by atoms with E-state index in [1.807, 2.05) is 18.2 Å². The van der Waals surface area contributed by atoms with Gasteiger partial charge < -0.3 is 10.5 Å². The molecule has 0 bridgehead atoms. The summed E-state index contributed by atoms with van der Waals surface area (Å²) in [7, 11) is 1.61. The number of hydrogen-bond donors (Lipinski definition) is 1. The Bertz CT molecular complexity index is 754. The molecule has 3 rings (SSSR count). The average molecular weight is 274 g/mol. The van der Waals surface area contributed by atoms with Crippen LogP contribution in [0.3, 0.4) is 0 Å². The highest BCUT2D eigenvalue weighted by molar-refractivity contribution is 7.21. The zero-order valence-corrected chi connectivity index (χ0v) is 11.0. The second-order valence-electron chi connectivity index (χ2n) is 4.09. The lowest BCUT2D eigenvalue weighted by Gasteiger charge is -1.99. The predicted molar refractivity (Wildman–Crippen MR) is 76.0 cm³/mol. The summed E-state index contributed by atoms with van der Waals surface area (Å²) in [5.74, 6) is 0.441. The van der Waals surface area contributed by atoms with Gasteiger partial charge in [0.25, 0.3) is 0 Å². The Morgan fingerprint density at radius 3 is 2.84 bits per heavy atom. The van der Waals surface area contributed by atoms with Crippen LogP contribution in [0.15, 0.2) is 36.4 Å². The van der Waals surface area contributed by atoms with E-state index in [2.05, 4.69) is 4.98 Å². The Labute approximate surface area is 113 Å². The minimum Gasteiger partial charge on any atom is -0.497 e. The van der Waals surface area contributed by atoms with Crippen molar-refractivity contribution in [3.05, 3.63) is 42.2 Å². The highest BCUT2D eigenvalue weighted by Crippen LogP contribution is 2.34. The van der Waals surface area contributed by atoms with E-state index in [1.165, 1.54) is 23.5 Å². The monoisotopic (exact) mass is 274 g/mol. The Morgan fingerprint density at radius 1 is 1.21 bits per heavy atom. The van der Waals surface area contributed by atoms with Crippen molar-refractivity contribution in [1.82, 2.24) is 4.98 Å². The lowest BCUT2D eigenvalue weighted by Crippen LogP contribution is -1.88. The quantitative estimate of drug-likeness (QED) is 0.725. The maximum absolute atomic E-state index is 13.8. The molecule has 3 aromatic rings. The molecule has 1 heterocycles. The molecule has 0 fully saturated rings. The van der Waals surface area contributed by atoms with Crippen LogP contribution in [0.25, 0.3) is 20.8 Å². The first-order valence-corrected chi connectivity index (χ1v) is 6.49. The molecule has 19 heavy (non-hydrogen) atoms. The first-order valence-electron chi connectivity index (χ1n) is 5.67. The number of halogens is 1. The highest BCUT2D eigenvalue weighted by atomic mass is 32.1. The van der Waals surface area contributed by atoms with Crippen molar-refractivity contribution >= 4 is 27.2 Å². The lowest BCUT2D eigenvalue weighted by atomic mass is 10.2. The molecule has 0 aliphatic rings. The van der Waals surface area contributed by atoms with Gasteiger partial charge in [-0.1, -0.05) is 0 Å². The van der Waals surface area contributed by atoms with Crippen molar-refractivity contribution in [1.29, 1.82) is 0 Å². The third kappa shape index (κ3) is 2.13. The van der Waals surface area contributed by atoms with Gasteiger partial charge in [-0.2, -0.15) is 0 Å². The second-order valence-corrected chi connectivity index (χ2v) is 5.12. The number of methoxy groups -OCH3 is 1.